The molecule has 2 rings (SSSR count). The van der Waals surface area contributed by atoms with Crippen LogP contribution in [0.1, 0.15) is 4.88 Å². The molecule has 0 bridgehead atoms. The van der Waals surface area contributed by atoms with Crippen LogP contribution in [0.15, 0.2) is 27.1 Å². The average Bonchev–Trinajstić information content (AvgIpc) is 2.60. The van der Waals surface area contributed by atoms with E-state index in [-0.39, 0.29) is 0 Å². The Hall–Kier alpha value is -0.790. The maximum Gasteiger partial charge on any atom is 0.191 e. The standard InChI is InChI=1S/C9H9BrN4S2/c10-6-2-1-5(16-6)4-15-9-13-7(11)3-8(12)14-9/h1-3H,4H2,(H4,11,12,13,14). The molecule has 0 radical (unpaired) electrons. The Bertz CT molecular complexity index is 480. The molecule has 4 N–H and O–H groups in total. The number of nitrogens with two attached hydrogens (primary N) is 2. The molecule has 7 heteroatoms. The molecule has 0 saturated carbocycles. The normalized spacial score (nSPS) is 10.6. The van der Waals surface area contributed by atoms with Crippen LogP contribution in [0.3, 0.4) is 0 Å². The summed E-state index contributed by atoms with van der Waals surface area (Å²) in [5, 5.41) is 0.613. The molecule has 0 aromatic carbocycles. The van der Waals surface area contributed by atoms with Crippen LogP contribution in [-0.4, -0.2) is 9.97 Å². The second kappa shape index (κ2) is 5.03. The highest BCUT2D eigenvalue weighted by Gasteiger charge is 2.03. The zero-order chi connectivity index (χ0) is 11.5. The lowest BCUT2D eigenvalue weighted by Crippen LogP contribution is -1.99. The Balaban J connectivity index is 2.04. The molecule has 0 aliphatic rings. The van der Waals surface area contributed by atoms with E-state index in [4.69, 9.17) is 11.5 Å². The van der Waals surface area contributed by atoms with Gasteiger partial charge in [-0.25, -0.2) is 9.97 Å². The van der Waals surface area contributed by atoms with Crippen molar-refractivity contribution in [3.8, 4) is 0 Å². The van der Waals surface area contributed by atoms with E-state index >= 15 is 0 Å². The van der Waals surface area contributed by atoms with Crippen molar-refractivity contribution in [2.24, 2.45) is 0 Å². The van der Waals surface area contributed by atoms with E-state index in [9.17, 15) is 0 Å². The summed E-state index contributed by atoms with van der Waals surface area (Å²) in [6, 6.07) is 5.64. The summed E-state index contributed by atoms with van der Waals surface area (Å²) in [4.78, 5) is 9.45. The lowest BCUT2D eigenvalue weighted by molar-refractivity contribution is 0.984. The monoisotopic (exact) mass is 316 g/mol. The Kier molecular flexibility index (Phi) is 3.67. The quantitative estimate of drug-likeness (QED) is 0.672. The molecule has 0 amide bonds. The molecular formula is C9H9BrN4S2. The highest BCUT2D eigenvalue weighted by Crippen LogP contribution is 2.28. The summed E-state index contributed by atoms with van der Waals surface area (Å²) < 4.78 is 1.12. The number of rotatable bonds is 3. The molecule has 0 spiro atoms. The van der Waals surface area contributed by atoms with E-state index in [1.54, 1.807) is 17.4 Å². The fraction of sp³-hybridized carbons (Fsp3) is 0.111. The van der Waals surface area contributed by atoms with Crippen molar-refractivity contribution >= 4 is 50.7 Å². The van der Waals surface area contributed by atoms with Gasteiger partial charge >= 0.3 is 0 Å². The zero-order valence-electron chi connectivity index (χ0n) is 8.18. The molecule has 84 valence electrons. The van der Waals surface area contributed by atoms with Crippen LogP contribution in [-0.2, 0) is 5.75 Å². The topological polar surface area (TPSA) is 77.8 Å². The van der Waals surface area contributed by atoms with Crippen molar-refractivity contribution < 1.29 is 0 Å². The third kappa shape index (κ3) is 3.10. The first-order valence-corrected chi connectivity index (χ1v) is 7.00. The number of anilines is 2. The van der Waals surface area contributed by atoms with Crippen LogP contribution in [0.5, 0.6) is 0 Å². The van der Waals surface area contributed by atoms with Gasteiger partial charge in [-0.2, -0.15) is 0 Å². The largest absolute Gasteiger partial charge is 0.383 e. The van der Waals surface area contributed by atoms with Gasteiger partial charge in [-0.3, -0.25) is 0 Å². The molecule has 0 aliphatic heterocycles. The Labute approximate surface area is 110 Å². The number of aromatic nitrogens is 2. The number of halogens is 1. The summed E-state index contributed by atoms with van der Waals surface area (Å²) >= 11 is 6.64. The van der Waals surface area contributed by atoms with Crippen LogP contribution >= 0.6 is 39.0 Å². The predicted octanol–water partition coefficient (Wildman–Crippen LogP) is 2.76. The van der Waals surface area contributed by atoms with Gasteiger partial charge in [-0.15, -0.1) is 11.3 Å². The zero-order valence-corrected chi connectivity index (χ0v) is 11.4. The molecule has 2 aromatic heterocycles. The fourth-order valence-corrected chi connectivity index (χ4v) is 3.49. The molecule has 2 heterocycles. The van der Waals surface area contributed by atoms with Crippen LogP contribution < -0.4 is 11.5 Å². The van der Waals surface area contributed by atoms with E-state index in [0.29, 0.717) is 16.8 Å². The molecule has 0 atom stereocenters. The van der Waals surface area contributed by atoms with Crippen molar-refractivity contribution in [1.82, 2.24) is 9.97 Å². The minimum absolute atomic E-state index is 0.405. The lowest BCUT2D eigenvalue weighted by Gasteiger charge is -2.01. The molecule has 16 heavy (non-hydrogen) atoms. The number of nitrogen functional groups attached to an aromatic ring is 2. The summed E-state index contributed by atoms with van der Waals surface area (Å²) in [5.74, 6) is 1.63. The van der Waals surface area contributed by atoms with Gasteiger partial charge in [0.2, 0.25) is 0 Å². The van der Waals surface area contributed by atoms with Crippen LogP contribution in [0, 0.1) is 0 Å². The Morgan fingerprint density at radius 3 is 2.50 bits per heavy atom. The van der Waals surface area contributed by atoms with E-state index in [2.05, 4.69) is 32.0 Å². The van der Waals surface area contributed by atoms with Crippen molar-refractivity contribution in [2.45, 2.75) is 10.9 Å². The van der Waals surface area contributed by atoms with E-state index in [1.807, 2.05) is 6.07 Å². The minimum Gasteiger partial charge on any atom is -0.383 e. The molecule has 4 nitrogen and oxygen atoms in total. The molecule has 0 fully saturated rings. The third-order valence-electron chi connectivity index (χ3n) is 1.72. The van der Waals surface area contributed by atoms with Gasteiger partial charge in [0.05, 0.1) is 3.79 Å². The highest BCUT2D eigenvalue weighted by molar-refractivity contribution is 9.11. The van der Waals surface area contributed by atoms with Gasteiger partial charge in [-0.05, 0) is 28.1 Å². The van der Waals surface area contributed by atoms with Crippen molar-refractivity contribution in [3.05, 3.63) is 26.9 Å². The number of thiophene rings is 1. The maximum atomic E-state index is 5.58. The van der Waals surface area contributed by atoms with Crippen molar-refractivity contribution in [2.75, 3.05) is 11.5 Å². The summed E-state index contributed by atoms with van der Waals surface area (Å²) in [6.45, 7) is 0. The van der Waals surface area contributed by atoms with Gasteiger partial charge in [0.15, 0.2) is 5.16 Å². The van der Waals surface area contributed by atoms with Crippen LogP contribution in [0.2, 0.25) is 0 Å². The van der Waals surface area contributed by atoms with Crippen molar-refractivity contribution in [3.63, 3.8) is 0 Å². The molecule has 0 unspecified atom stereocenters. The van der Waals surface area contributed by atoms with Crippen LogP contribution in [0.25, 0.3) is 0 Å². The third-order valence-corrected chi connectivity index (χ3v) is 4.42. The molecule has 2 aromatic rings. The summed E-state index contributed by atoms with van der Waals surface area (Å²) in [7, 11) is 0. The molecular weight excluding hydrogens is 308 g/mol. The maximum absolute atomic E-state index is 5.58. The average molecular weight is 317 g/mol. The smallest absolute Gasteiger partial charge is 0.191 e. The Morgan fingerprint density at radius 2 is 1.94 bits per heavy atom. The number of nitrogens with zero attached hydrogens (tertiary/aromatic N) is 2. The number of hydrogen-bond acceptors (Lipinski definition) is 6. The SMILES string of the molecule is Nc1cc(N)nc(SCc2ccc(Br)s2)n1. The first-order valence-electron chi connectivity index (χ1n) is 4.40. The number of thioether (sulfide) groups is 1. The van der Waals surface area contributed by atoms with Crippen LogP contribution in [0.4, 0.5) is 11.6 Å². The highest BCUT2D eigenvalue weighted by atomic mass is 79.9. The molecule has 0 saturated heterocycles. The first kappa shape index (κ1) is 11.7. The Morgan fingerprint density at radius 1 is 1.25 bits per heavy atom. The van der Waals surface area contributed by atoms with Gasteiger partial charge in [0.1, 0.15) is 11.6 Å². The second-order valence-corrected chi connectivity index (χ2v) is 6.48. The van der Waals surface area contributed by atoms with Gasteiger partial charge < -0.3 is 11.5 Å². The summed E-state index contributed by atoms with van der Waals surface area (Å²) in [6.07, 6.45) is 0. The van der Waals surface area contributed by atoms with E-state index in [0.717, 1.165) is 9.54 Å². The minimum atomic E-state index is 0.405. The second-order valence-electron chi connectivity index (χ2n) is 2.99. The van der Waals surface area contributed by atoms with E-state index in [1.165, 1.54) is 16.6 Å². The molecule has 0 aliphatic carbocycles. The first-order chi connectivity index (χ1) is 7.63. The summed E-state index contributed by atoms with van der Waals surface area (Å²) in [5.41, 5.74) is 11.2. The van der Waals surface area contributed by atoms with Gasteiger partial charge in [0.25, 0.3) is 0 Å². The lowest BCUT2D eigenvalue weighted by atomic mass is 10.5. The fourth-order valence-electron chi connectivity index (χ4n) is 1.09. The number of hydrogen-bond donors (Lipinski definition) is 2. The van der Waals surface area contributed by atoms with Gasteiger partial charge in [0, 0.05) is 16.7 Å². The van der Waals surface area contributed by atoms with Crippen molar-refractivity contribution in [1.29, 1.82) is 0 Å². The van der Waals surface area contributed by atoms with Gasteiger partial charge in [-0.1, -0.05) is 11.8 Å². The van der Waals surface area contributed by atoms with E-state index < -0.39 is 0 Å². The predicted molar refractivity (Wildman–Crippen MR) is 72.4 cm³/mol.